The maximum atomic E-state index is 5.74. The van der Waals surface area contributed by atoms with Crippen LogP contribution in [0.4, 0.5) is 6.01 Å². The molecule has 0 N–H and O–H groups in total. The Bertz CT molecular complexity index is 327. The first-order valence-corrected chi connectivity index (χ1v) is 6.65. The van der Waals surface area contributed by atoms with E-state index >= 15 is 0 Å². The van der Waals surface area contributed by atoms with Gasteiger partial charge in [-0.05, 0) is 19.3 Å². The highest BCUT2D eigenvalue weighted by atomic mass is 35.5. The Morgan fingerprint density at radius 1 is 1.50 bits per heavy atom. The third-order valence-electron chi connectivity index (χ3n) is 3.27. The van der Waals surface area contributed by atoms with Crippen molar-refractivity contribution >= 4 is 17.6 Å². The molecule has 0 amide bonds. The van der Waals surface area contributed by atoms with Crippen LogP contribution in [0.1, 0.15) is 44.7 Å². The molecule has 2 heterocycles. The van der Waals surface area contributed by atoms with Gasteiger partial charge in [-0.2, -0.15) is 4.98 Å². The van der Waals surface area contributed by atoms with Crippen LogP contribution in [-0.2, 0) is 5.88 Å². The average molecular weight is 243 g/mol. The van der Waals surface area contributed by atoms with Gasteiger partial charge in [0, 0.05) is 12.6 Å². The molecule has 1 unspecified atom stereocenters. The van der Waals surface area contributed by atoms with E-state index in [1.807, 2.05) is 0 Å². The highest BCUT2D eigenvalue weighted by Crippen LogP contribution is 2.25. The largest absolute Gasteiger partial charge is 0.432 e. The molecule has 4 heteroatoms. The second kappa shape index (κ2) is 5.58. The smallest absolute Gasteiger partial charge is 0.297 e. The topological polar surface area (TPSA) is 29.3 Å². The van der Waals surface area contributed by atoms with Crippen LogP contribution in [0.5, 0.6) is 0 Å². The highest BCUT2D eigenvalue weighted by Gasteiger charge is 2.23. The highest BCUT2D eigenvalue weighted by molar-refractivity contribution is 6.16. The van der Waals surface area contributed by atoms with E-state index in [1.165, 1.54) is 25.7 Å². The van der Waals surface area contributed by atoms with Gasteiger partial charge in [0.15, 0.2) is 0 Å². The lowest BCUT2D eigenvalue weighted by molar-refractivity contribution is 0.479. The zero-order chi connectivity index (χ0) is 11.4. The normalized spacial score (nSPS) is 22.1. The summed E-state index contributed by atoms with van der Waals surface area (Å²) < 4.78 is 5.51. The van der Waals surface area contributed by atoms with Crippen LogP contribution in [0.15, 0.2) is 10.7 Å². The molecule has 0 spiro atoms. The Hall–Kier alpha value is -0.700. The van der Waals surface area contributed by atoms with Crippen molar-refractivity contribution in [1.29, 1.82) is 0 Å². The van der Waals surface area contributed by atoms with Gasteiger partial charge in [0.25, 0.3) is 6.01 Å². The number of rotatable bonds is 3. The summed E-state index contributed by atoms with van der Waals surface area (Å²) in [6.45, 7) is 3.29. The third-order valence-corrected chi connectivity index (χ3v) is 3.54. The molecule has 2 rings (SSSR count). The van der Waals surface area contributed by atoms with Crippen molar-refractivity contribution in [3.63, 3.8) is 0 Å². The summed E-state index contributed by atoms with van der Waals surface area (Å²) in [5.41, 5.74) is 0.829. The summed E-state index contributed by atoms with van der Waals surface area (Å²) in [4.78, 5) is 6.73. The van der Waals surface area contributed by atoms with E-state index in [1.54, 1.807) is 6.26 Å². The predicted molar refractivity (Wildman–Crippen MR) is 66.0 cm³/mol. The van der Waals surface area contributed by atoms with Crippen LogP contribution < -0.4 is 4.90 Å². The Kier molecular flexibility index (Phi) is 4.10. The molecule has 1 aliphatic rings. The molecule has 1 saturated heterocycles. The Morgan fingerprint density at radius 2 is 2.38 bits per heavy atom. The van der Waals surface area contributed by atoms with Crippen molar-refractivity contribution in [2.45, 2.75) is 50.9 Å². The van der Waals surface area contributed by atoms with Gasteiger partial charge in [-0.1, -0.05) is 19.8 Å². The number of aromatic nitrogens is 1. The molecule has 16 heavy (non-hydrogen) atoms. The van der Waals surface area contributed by atoms with Crippen LogP contribution in [0.3, 0.4) is 0 Å². The van der Waals surface area contributed by atoms with Crippen LogP contribution in [0.25, 0.3) is 0 Å². The molecule has 1 aromatic rings. The lowest BCUT2D eigenvalue weighted by Crippen LogP contribution is -2.34. The molecule has 1 aromatic heterocycles. The fourth-order valence-electron chi connectivity index (χ4n) is 2.34. The van der Waals surface area contributed by atoms with Gasteiger partial charge in [-0.15, -0.1) is 11.6 Å². The standard InChI is InChI=1S/C12H19ClN2O/c1-2-11-6-4-3-5-7-15(11)12-14-10(8-13)9-16-12/h9,11H,2-8H2,1H3. The van der Waals surface area contributed by atoms with E-state index in [-0.39, 0.29) is 0 Å². The number of alkyl halides is 1. The number of hydrogen-bond donors (Lipinski definition) is 0. The van der Waals surface area contributed by atoms with Gasteiger partial charge >= 0.3 is 0 Å². The van der Waals surface area contributed by atoms with Crippen molar-refractivity contribution in [3.8, 4) is 0 Å². The van der Waals surface area contributed by atoms with Gasteiger partial charge in [-0.3, -0.25) is 0 Å². The number of hydrogen-bond acceptors (Lipinski definition) is 3. The molecular formula is C12H19ClN2O. The summed E-state index contributed by atoms with van der Waals surface area (Å²) in [5, 5.41) is 0. The van der Waals surface area contributed by atoms with Crippen molar-refractivity contribution in [3.05, 3.63) is 12.0 Å². The first kappa shape index (κ1) is 11.8. The molecular weight excluding hydrogens is 224 g/mol. The van der Waals surface area contributed by atoms with E-state index in [0.29, 0.717) is 11.9 Å². The van der Waals surface area contributed by atoms with Gasteiger partial charge in [0.1, 0.15) is 6.26 Å². The monoisotopic (exact) mass is 242 g/mol. The summed E-state index contributed by atoms with van der Waals surface area (Å²) in [6, 6.07) is 1.33. The first-order chi connectivity index (χ1) is 7.85. The van der Waals surface area contributed by atoms with E-state index in [4.69, 9.17) is 16.0 Å². The van der Waals surface area contributed by atoms with E-state index in [2.05, 4.69) is 16.8 Å². The summed E-state index contributed by atoms with van der Waals surface area (Å²) in [5.74, 6) is 0.425. The van der Waals surface area contributed by atoms with Crippen molar-refractivity contribution in [1.82, 2.24) is 4.98 Å². The van der Waals surface area contributed by atoms with Crippen molar-refractivity contribution in [2.24, 2.45) is 0 Å². The third kappa shape index (κ3) is 2.51. The maximum absolute atomic E-state index is 5.74. The number of oxazole rings is 1. The maximum Gasteiger partial charge on any atom is 0.297 e. The molecule has 1 aliphatic heterocycles. The molecule has 0 bridgehead atoms. The van der Waals surface area contributed by atoms with E-state index < -0.39 is 0 Å². The quantitative estimate of drug-likeness (QED) is 0.759. The van der Waals surface area contributed by atoms with Crippen LogP contribution in [-0.4, -0.2) is 17.6 Å². The molecule has 0 aromatic carbocycles. The average Bonchev–Trinajstić information content (AvgIpc) is 2.66. The zero-order valence-electron chi connectivity index (χ0n) is 9.79. The van der Waals surface area contributed by atoms with Crippen LogP contribution in [0.2, 0.25) is 0 Å². The van der Waals surface area contributed by atoms with E-state index in [9.17, 15) is 0 Å². The Balaban J connectivity index is 2.14. The Labute approximate surface area is 102 Å². The summed E-state index contributed by atoms with van der Waals surface area (Å²) >= 11 is 5.74. The molecule has 3 nitrogen and oxygen atoms in total. The molecule has 1 atom stereocenters. The fourth-order valence-corrected chi connectivity index (χ4v) is 2.47. The SMILES string of the molecule is CCC1CCCCCN1c1nc(CCl)co1. The second-order valence-electron chi connectivity index (χ2n) is 4.36. The Morgan fingerprint density at radius 3 is 3.06 bits per heavy atom. The molecule has 1 fully saturated rings. The molecule has 0 radical (unpaired) electrons. The number of halogens is 1. The van der Waals surface area contributed by atoms with Gasteiger partial charge in [-0.25, -0.2) is 0 Å². The van der Waals surface area contributed by atoms with E-state index in [0.717, 1.165) is 24.7 Å². The fraction of sp³-hybridized carbons (Fsp3) is 0.750. The molecule has 0 saturated carbocycles. The molecule has 0 aliphatic carbocycles. The zero-order valence-corrected chi connectivity index (χ0v) is 10.5. The van der Waals surface area contributed by atoms with Crippen molar-refractivity contribution < 1.29 is 4.42 Å². The lowest BCUT2D eigenvalue weighted by atomic mass is 10.1. The number of nitrogens with zero attached hydrogens (tertiary/aromatic N) is 2. The van der Waals surface area contributed by atoms with Crippen LogP contribution in [0, 0.1) is 0 Å². The first-order valence-electron chi connectivity index (χ1n) is 6.12. The summed E-state index contributed by atoms with van der Waals surface area (Å²) in [6.07, 6.45) is 7.93. The second-order valence-corrected chi connectivity index (χ2v) is 4.63. The van der Waals surface area contributed by atoms with Crippen molar-refractivity contribution in [2.75, 3.05) is 11.4 Å². The molecule has 90 valence electrons. The minimum Gasteiger partial charge on any atom is -0.432 e. The van der Waals surface area contributed by atoms with Gasteiger partial charge in [0.05, 0.1) is 11.6 Å². The predicted octanol–water partition coefficient (Wildman–Crippen LogP) is 3.57. The lowest BCUT2D eigenvalue weighted by Gasteiger charge is -2.27. The van der Waals surface area contributed by atoms with Crippen LogP contribution >= 0.6 is 11.6 Å². The number of anilines is 1. The van der Waals surface area contributed by atoms with Gasteiger partial charge in [0.2, 0.25) is 0 Å². The summed E-state index contributed by atoms with van der Waals surface area (Å²) in [7, 11) is 0. The minimum absolute atomic E-state index is 0.425. The van der Waals surface area contributed by atoms with Gasteiger partial charge < -0.3 is 9.32 Å². The minimum atomic E-state index is 0.425.